The van der Waals surface area contributed by atoms with Gasteiger partial charge >= 0.3 is 0 Å². The molecule has 1 aliphatic rings. The maximum atomic E-state index is 13.8. The van der Waals surface area contributed by atoms with Crippen LogP contribution in [0.2, 0.25) is 0 Å². The SMILES string of the molecule is COc1cc2c(cc1OC)-c1[nH]nc(NCc3cc(F)ccc3F)c1C2. The number of fused-ring (bicyclic) bond motifs is 3. The van der Waals surface area contributed by atoms with Crippen LogP contribution in [-0.4, -0.2) is 24.4 Å². The van der Waals surface area contributed by atoms with E-state index < -0.39 is 11.6 Å². The highest BCUT2D eigenvalue weighted by molar-refractivity contribution is 5.80. The molecule has 0 amide bonds. The first-order valence-corrected chi connectivity index (χ1v) is 8.11. The van der Waals surface area contributed by atoms with E-state index in [9.17, 15) is 8.78 Å². The second-order valence-corrected chi connectivity index (χ2v) is 6.06. The summed E-state index contributed by atoms with van der Waals surface area (Å²) in [6, 6.07) is 7.25. The summed E-state index contributed by atoms with van der Waals surface area (Å²) in [6.07, 6.45) is 0.662. The third-order valence-electron chi connectivity index (χ3n) is 4.57. The van der Waals surface area contributed by atoms with E-state index in [0.29, 0.717) is 23.7 Å². The van der Waals surface area contributed by atoms with Crippen LogP contribution < -0.4 is 14.8 Å². The molecule has 0 radical (unpaired) electrons. The number of hydrogen-bond acceptors (Lipinski definition) is 4. The number of benzene rings is 2. The van der Waals surface area contributed by atoms with E-state index in [4.69, 9.17) is 9.47 Å². The summed E-state index contributed by atoms with van der Waals surface area (Å²) in [6.45, 7) is 0.143. The average molecular weight is 357 g/mol. The molecule has 0 aliphatic heterocycles. The lowest BCUT2D eigenvalue weighted by atomic mass is 10.1. The van der Waals surface area contributed by atoms with Gasteiger partial charge in [0.2, 0.25) is 0 Å². The summed E-state index contributed by atoms with van der Waals surface area (Å²) in [5, 5.41) is 10.4. The zero-order valence-electron chi connectivity index (χ0n) is 14.3. The second-order valence-electron chi connectivity index (χ2n) is 6.06. The lowest BCUT2D eigenvalue weighted by Crippen LogP contribution is -2.04. The van der Waals surface area contributed by atoms with Gasteiger partial charge in [-0.3, -0.25) is 5.10 Å². The number of aromatic amines is 1. The standard InChI is InChI=1S/C19H17F2N3O2/c1-25-16-7-10-6-14-18(13(10)8-17(16)26-2)23-24-19(14)22-9-11-5-12(20)3-4-15(11)21/h3-5,7-8H,6,9H2,1-2H3,(H2,22,23,24). The van der Waals surface area contributed by atoms with Crippen molar-refractivity contribution in [3.63, 3.8) is 0 Å². The van der Waals surface area contributed by atoms with Crippen molar-refractivity contribution >= 4 is 5.82 Å². The van der Waals surface area contributed by atoms with Crippen LogP contribution in [-0.2, 0) is 13.0 Å². The highest BCUT2D eigenvalue weighted by Gasteiger charge is 2.26. The number of ether oxygens (including phenoxy) is 2. The number of aromatic nitrogens is 2. The second kappa shape index (κ2) is 6.33. The Kier molecular flexibility index (Phi) is 3.99. The summed E-state index contributed by atoms with van der Waals surface area (Å²) in [5.41, 5.74) is 4.21. The van der Waals surface area contributed by atoms with Gasteiger partial charge in [-0.25, -0.2) is 8.78 Å². The van der Waals surface area contributed by atoms with Gasteiger partial charge in [-0.2, -0.15) is 5.10 Å². The molecule has 1 aliphatic carbocycles. The minimum atomic E-state index is -0.470. The maximum absolute atomic E-state index is 13.8. The predicted molar refractivity (Wildman–Crippen MR) is 93.6 cm³/mol. The molecule has 0 bridgehead atoms. The van der Waals surface area contributed by atoms with Gasteiger partial charge in [-0.1, -0.05) is 0 Å². The number of rotatable bonds is 5. The summed E-state index contributed by atoms with van der Waals surface area (Å²) in [7, 11) is 3.19. The van der Waals surface area contributed by atoms with Crippen LogP contribution in [0, 0.1) is 11.6 Å². The van der Waals surface area contributed by atoms with Crippen molar-refractivity contribution in [1.82, 2.24) is 10.2 Å². The van der Waals surface area contributed by atoms with Gasteiger partial charge in [0, 0.05) is 29.7 Å². The molecule has 1 aromatic heterocycles. The van der Waals surface area contributed by atoms with Crippen molar-refractivity contribution < 1.29 is 18.3 Å². The van der Waals surface area contributed by atoms with E-state index in [1.165, 1.54) is 6.07 Å². The first-order valence-electron chi connectivity index (χ1n) is 8.11. The Morgan fingerprint density at radius 2 is 1.88 bits per heavy atom. The maximum Gasteiger partial charge on any atom is 0.161 e. The molecule has 5 nitrogen and oxygen atoms in total. The quantitative estimate of drug-likeness (QED) is 0.569. The normalized spacial score (nSPS) is 11.8. The lowest BCUT2D eigenvalue weighted by molar-refractivity contribution is 0.355. The smallest absolute Gasteiger partial charge is 0.161 e. The van der Waals surface area contributed by atoms with Gasteiger partial charge in [-0.15, -0.1) is 0 Å². The lowest BCUT2D eigenvalue weighted by Gasteiger charge is -2.10. The van der Waals surface area contributed by atoms with E-state index >= 15 is 0 Å². The molecule has 134 valence electrons. The fourth-order valence-corrected chi connectivity index (χ4v) is 3.25. The first kappa shape index (κ1) is 16.4. The van der Waals surface area contributed by atoms with Gasteiger partial charge in [0.25, 0.3) is 0 Å². The molecule has 7 heteroatoms. The fraction of sp³-hybridized carbons (Fsp3) is 0.211. The number of nitrogens with zero attached hydrogens (tertiary/aromatic N) is 1. The minimum absolute atomic E-state index is 0.143. The summed E-state index contributed by atoms with van der Waals surface area (Å²) in [4.78, 5) is 0. The predicted octanol–water partition coefficient (Wildman–Crippen LogP) is 3.89. The Morgan fingerprint density at radius 3 is 2.65 bits per heavy atom. The van der Waals surface area contributed by atoms with Crippen LogP contribution in [0.25, 0.3) is 11.3 Å². The van der Waals surface area contributed by atoms with Crippen LogP contribution in [0.15, 0.2) is 30.3 Å². The molecule has 0 fully saturated rings. The molecule has 0 saturated carbocycles. The zero-order chi connectivity index (χ0) is 18.3. The molecule has 3 aromatic rings. The monoisotopic (exact) mass is 357 g/mol. The topological polar surface area (TPSA) is 59.2 Å². The fourth-order valence-electron chi connectivity index (χ4n) is 3.25. The van der Waals surface area contributed by atoms with Gasteiger partial charge in [-0.05, 0) is 35.9 Å². The summed E-state index contributed by atoms with van der Waals surface area (Å²) < 4.78 is 37.8. The molecule has 26 heavy (non-hydrogen) atoms. The highest BCUT2D eigenvalue weighted by atomic mass is 19.1. The number of nitrogens with one attached hydrogen (secondary N) is 2. The third kappa shape index (κ3) is 2.65. The van der Waals surface area contributed by atoms with E-state index in [2.05, 4.69) is 15.5 Å². The number of anilines is 1. The molecule has 2 N–H and O–H groups in total. The summed E-state index contributed by atoms with van der Waals surface area (Å²) in [5.74, 6) is 1.01. The third-order valence-corrected chi connectivity index (χ3v) is 4.57. The van der Waals surface area contributed by atoms with Crippen molar-refractivity contribution in [2.45, 2.75) is 13.0 Å². The Bertz CT molecular complexity index is 985. The Morgan fingerprint density at radius 1 is 1.12 bits per heavy atom. The molecule has 0 spiro atoms. The Hall–Kier alpha value is -3.09. The molecular weight excluding hydrogens is 340 g/mol. The van der Waals surface area contributed by atoms with E-state index in [1.807, 2.05) is 12.1 Å². The van der Waals surface area contributed by atoms with Gasteiger partial charge < -0.3 is 14.8 Å². The van der Waals surface area contributed by atoms with Crippen LogP contribution in [0.4, 0.5) is 14.6 Å². The van der Waals surface area contributed by atoms with Gasteiger partial charge in [0.1, 0.15) is 11.6 Å². The van der Waals surface area contributed by atoms with Crippen LogP contribution in [0.5, 0.6) is 11.5 Å². The number of halogens is 2. The van der Waals surface area contributed by atoms with Crippen molar-refractivity contribution in [3.05, 3.63) is 58.7 Å². The van der Waals surface area contributed by atoms with E-state index in [-0.39, 0.29) is 12.1 Å². The van der Waals surface area contributed by atoms with Crippen LogP contribution in [0.3, 0.4) is 0 Å². The van der Waals surface area contributed by atoms with Crippen LogP contribution >= 0.6 is 0 Å². The molecule has 1 heterocycles. The number of methoxy groups -OCH3 is 2. The average Bonchev–Trinajstić information content (AvgIpc) is 3.20. The molecule has 0 atom stereocenters. The summed E-state index contributed by atoms with van der Waals surface area (Å²) >= 11 is 0. The molecule has 0 saturated heterocycles. The minimum Gasteiger partial charge on any atom is -0.493 e. The highest BCUT2D eigenvalue weighted by Crippen LogP contribution is 2.43. The van der Waals surface area contributed by atoms with Crippen molar-refractivity contribution in [3.8, 4) is 22.8 Å². The molecule has 4 rings (SSSR count). The molecular formula is C19H17F2N3O2. The number of hydrogen-bond donors (Lipinski definition) is 2. The molecule has 0 unspecified atom stereocenters. The van der Waals surface area contributed by atoms with Gasteiger partial charge in [0.15, 0.2) is 17.3 Å². The molecule has 2 aromatic carbocycles. The van der Waals surface area contributed by atoms with Gasteiger partial charge in [0.05, 0.1) is 19.9 Å². The Labute approximate surface area is 149 Å². The Balaban J connectivity index is 1.61. The van der Waals surface area contributed by atoms with E-state index in [1.54, 1.807) is 14.2 Å². The number of H-pyrrole nitrogens is 1. The zero-order valence-corrected chi connectivity index (χ0v) is 14.3. The van der Waals surface area contributed by atoms with E-state index in [0.717, 1.165) is 34.5 Å². The van der Waals surface area contributed by atoms with Crippen molar-refractivity contribution in [2.75, 3.05) is 19.5 Å². The van der Waals surface area contributed by atoms with Crippen LogP contribution in [0.1, 0.15) is 16.7 Å². The first-order chi connectivity index (χ1) is 12.6. The van der Waals surface area contributed by atoms with Crippen molar-refractivity contribution in [2.24, 2.45) is 0 Å². The van der Waals surface area contributed by atoms with Crippen molar-refractivity contribution in [1.29, 1.82) is 0 Å². The largest absolute Gasteiger partial charge is 0.493 e.